The smallest absolute Gasteiger partial charge is 0.376 e. The molecule has 0 aliphatic carbocycles. The zero-order valence-electron chi connectivity index (χ0n) is 11.9. The summed E-state index contributed by atoms with van der Waals surface area (Å²) >= 11 is 0. The Morgan fingerprint density at radius 3 is 2.67 bits per heavy atom. The van der Waals surface area contributed by atoms with E-state index in [0.29, 0.717) is 11.6 Å². The Hall–Kier alpha value is -2.21. The number of carbonyl (C=O) groups is 2. The molecule has 0 bridgehead atoms. The topological polar surface area (TPSA) is 79.7 Å². The number of hydrogen-bond donors (Lipinski definition) is 1. The molecular formula is C15H18N2O4. The van der Waals surface area contributed by atoms with Crippen LogP contribution in [0.1, 0.15) is 18.4 Å². The highest BCUT2D eigenvalue weighted by molar-refractivity contribution is 6.38. The van der Waals surface area contributed by atoms with Crippen LogP contribution in [0.25, 0.3) is 6.08 Å². The Labute approximate surface area is 123 Å². The lowest BCUT2D eigenvalue weighted by molar-refractivity contribution is -0.146. The van der Waals surface area contributed by atoms with Gasteiger partial charge in [0.05, 0.1) is 0 Å². The molecule has 0 unspecified atom stereocenters. The monoisotopic (exact) mass is 290 g/mol. The number of carboxylic acids is 1. The Bertz CT molecular complexity index is 533. The van der Waals surface area contributed by atoms with Crippen molar-refractivity contribution >= 4 is 23.6 Å². The van der Waals surface area contributed by atoms with Crippen molar-refractivity contribution in [1.29, 1.82) is 0 Å². The summed E-state index contributed by atoms with van der Waals surface area (Å²) in [5, 5.41) is 8.49. The molecule has 112 valence electrons. The van der Waals surface area contributed by atoms with Crippen LogP contribution in [0.3, 0.4) is 0 Å². The van der Waals surface area contributed by atoms with E-state index >= 15 is 0 Å². The normalized spacial score (nSPS) is 16.0. The van der Waals surface area contributed by atoms with Crippen molar-refractivity contribution in [2.24, 2.45) is 0 Å². The number of carboxylic acid groups (broad SMARTS) is 1. The summed E-state index contributed by atoms with van der Waals surface area (Å²) in [6.45, 7) is 1.54. The highest BCUT2D eigenvalue weighted by Crippen LogP contribution is 2.19. The Morgan fingerprint density at radius 1 is 1.38 bits per heavy atom. The molecule has 0 radical (unpaired) electrons. The summed E-state index contributed by atoms with van der Waals surface area (Å²) in [6, 6.07) is 4.09. The zero-order valence-corrected chi connectivity index (χ0v) is 11.9. The molecule has 6 nitrogen and oxygen atoms in total. The minimum absolute atomic E-state index is 0.418. The summed E-state index contributed by atoms with van der Waals surface area (Å²) in [6.07, 6.45) is 6.06. The Balaban J connectivity index is 2.01. The van der Waals surface area contributed by atoms with Gasteiger partial charge in [0.1, 0.15) is 5.82 Å². The van der Waals surface area contributed by atoms with Gasteiger partial charge in [0, 0.05) is 32.5 Å². The number of anilines is 1. The van der Waals surface area contributed by atoms with Crippen molar-refractivity contribution in [3.05, 3.63) is 30.0 Å². The third-order valence-corrected chi connectivity index (χ3v) is 3.51. The van der Waals surface area contributed by atoms with E-state index in [1.807, 2.05) is 19.2 Å². The number of ether oxygens (including phenoxy) is 1. The van der Waals surface area contributed by atoms with Crippen molar-refractivity contribution in [2.45, 2.75) is 18.9 Å². The molecule has 1 aromatic rings. The first kappa shape index (κ1) is 15.2. The van der Waals surface area contributed by atoms with Gasteiger partial charge in [0.15, 0.2) is 0 Å². The minimum Gasteiger partial charge on any atom is -0.475 e. The maximum Gasteiger partial charge on any atom is 0.376 e. The molecule has 1 aliphatic heterocycles. The van der Waals surface area contributed by atoms with Crippen LogP contribution >= 0.6 is 0 Å². The highest BCUT2D eigenvalue weighted by Gasteiger charge is 2.19. The van der Waals surface area contributed by atoms with E-state index in [9.17, 15) is 9.59 Å². The second kappa shape index (κ2) is 6.99. The molecule has 0 spiro atoms. The van der Waals surface area contributed by atoms with Crippen LogP contribution in [0, 0.1) is 0 Å². The van der Waals surface area contributed by atoms with Crippen molar-refractivity contribution in [3.63, 3.8) is 0 Å². The minimum atomic E-state index is -1.46. The first-order valence-electron chi connectivity index (χ1n) is 6.80. The molecule has 6 heteroatoms. The van der Waals surface area contributed by atoms with Crippen molar-refractivity contribution in [2.75, 3.05) is 25.2 Å². The zero-order chi connectivity index (χ0) is 15.2. The molecule has 0 aromatic carbocycles. The average Bonchev–Trinajstić information content (AvgIpc) is 2.53. The van der Waals surface area contributed by atoms with Crippen LogP contribution in [-0.2, 0) is 14.3 Å². The number of aromatic nitrogens is 1. The Morgan fingerprint density at radius 2 is 2.10 bits per heavy atom. The lowest BCUT2D eigenvalue weighted by atomic mass is 10.1. The van der Waals surface area contributed by atoms with Gasteiger partial charge in [-0.1, -0.05) is 0 Å². The summed E-state index contributed by atoms with van der Waals surface area (Å²) in [4.78, 5) is 27.9. The maximum absolute atomic E-state index is 11.0. The molecule has 2 heterocycles. The lowest BCUT2D eigenvalue weighted by Gasteiger charge is -2.32. The van der Waals surface area contributed by atoms with Crippen molar-refractivity contribution < 1.29 is 19.4 Å². The summed E-state index contributed by atoms with van der Waals surface area (Å²) in [7, 11) is 2.00. The second-order valence-corrected chi connectivity index (χ2v) is 4.91. The van der Waals surface area contributed by atoms with E-state index in [1.165, 1.54) is 6.08 Å². The van der Waals surface area contributed by atoms with E-state index in [1.54, 1.807) is 6.20 Å². The van der Waals surface area contributed by atoms with Gasteiger partial charge in [0.2, 0.25) is 0 Å². The molecule has 1 aromatic heterocycles. The highest BCUT2D eigenvalue weighted by atomic mass is 16.5. The summed E-state index contributed by atoms with van der Waals surface area (Å²) in [5.74, 6) is -1.56. The fraction of sp³-hybridized carbons (Fsp3) is 0.400. The third-order valence-electron chi connectivity index (χ3n) is 3.51. The van der Waals surface area contributed by atoms with Crippen molar-refractivity contribution in [3.8, 4) is 0 Å². The molecular weight excluding hydrogens is 272 g/mol. The lowest BCUT2D eigenvalue weighted by Crippen LogP contribution is -2.37. The van der Waals surface area contributed by atoms with Gasteiger partial charge in [-0.3, -0.25) is 4.79 Å². The fourth-order valence-corrected chi connectivity index (χ4v) is 2.21. The molecule has 2 rings (SSSR count). The van der Waals surface area contributed by atoms with Crippen LogP contribution in [0.5, 0.6) is 0 Å². The third kappa shape index (κ3) is 4.13. The first-order chi connectivity index (χ1) is 10.1. The fourth-order valence-electron chi connectivity index (χ4n) is 2.21. The molecule has 1 aliphatic rings. The second-order valence-electron chi connectivity index (χ2n) is 4.91. The van der Waals surface area contributed by atoms with E-state index < -0.39 is 11.8 Å². The molecule has 0 atom stereocenters. The average molecular weight is 290 g/mol. The van der Waals surface area contributed by atoms with Crippen LogP contribution < -0.4 is 4.90 Å². The molecule has 1 saturated heterocycles. The Kier molecular flexibility index (Phi) is 5.05. The molecule has 0 saturated carbocycles. The number of carbonyl (C=O) groups excluding carboxylic acids is 1. The van der Waals surface area contributed by atoms with Gasteiger partial charge in [-0.15, -0.1) is 0 Å². The van der Waals surface area contributed by atoms with Gasteiger partial charge in [0.25, 0.3) is 5.78 Å². The number of pyridine rings is 1. The van der Waals surface area contributed by atoms with Crippen molar-refractivity contribution in [1.82, 2.24) is 4.98 Å². The number of ketones is 1. The van der Waals surface area contributed by atoms with Crippen LogP contribution in [0.15, 0.2) is 24.4 Å². The number of aliphatic carboxylic acids is 1. The summed E-state index contributed by atoms with van der Waals surface area (Å²) < 4.78 is 5.34. The molecule has 1 fully saturated rings. The predicted molar refractivity (Wildman–Crippen MR) is 78.2 cm³/mol. The van der Waals surface area contributed by atoms with E-state index in [0.717, 1.165) is 37.9 Å². The number of nitrogens with zero attached hydrogens (tertiary/aromatic N) is 2. The van der Waals surface area contributed by atoms with E-state index in [4.69, 9.17) is 9.84 Å². The van der Waals surface area contributed by atoms with Gasteiger partial charge in [-0.2, -0.15) is 0 Å². The largest absolute Gasteiger partial charge is 0.475 e. The maximum atomic E-state index is 11.0. The molecule has 1 N–H and O–H groups in total. The van der Waals surface area contributed by atoms with Gasteiger partial charge in [-0.05, 0) is 42.7 Å². The first-order valence-corrected chi connectivity index (χ1v) is 6.80. The molecule has 21 heavy (non-hydrogen) atoms. The predicted octanol–water partition coefficient (Wildman–Crippen LogP) is 1.36. The van der Waals surface area contributed by atoms with Gasteiger partial charge in [-0.25, -0.2) is 9.78 Å². The summed E-state index contributed by atoms with van der Waals surface area (Å²) in [5.41, 5.74) is 0.689. The van der Waals surface area contributed by atoms with Crippen LogP contribution in [0.4, 0.5) is 5.82 Å². The SMILES string of the molecule is CN(c1ccc(C=CC(=O)C(=O)O)cn1)C1CCOCC1. The van der Waals surface area contributed by atoms with Crippen LogP contribution in [-0.4, -0.2) is 48.1 Å². The standard InChI is InChI=1S/C15H18N2O4/c1-17(12-6-8-21-9-7-12)14-5-3-11(10-16-14)2-4-13(18)15(19)20/h2-5,10,12H,6-9H2,1H3,(H,19,20). The number of rotatable bonds is 5. The quantitative estimate of drug-likeness (QED) is 0.651. The number of hydrogen-bond acceptors (Lipinski definition) is 5. The molecule has 0 amide bonds. The van der Waals surface area contributed by atoms with Crippen LogP contribution in [0.2, 0.25) is 0 Å². The van der Waals surface area contributed by atoms with E-state index in [2.05, 4.69) is 9.88 Å². The van der Waals surface area contributed by atoms with Gasteiger partial charge >= 0.3 is 5.97 Å². The van der Waals surface area contributed by atoms with E-state index in [-0.39, 0.29) is 0 Å². The van der Waals surface area contributed by atoms with Gasteiger partial charge < -0.3 is 14.7 Å².